The number of aromatic nitrogens is 1. The van der Waals surface area contributed by atoms with Crippen LogP contribution in [-0.2, 0) is 12.8 Å². The molecule has 2 heterocycles. The zero-order valence-corrected chi connectivity index (χ0v) is 15.1. The number of hydrogen-bond acceptors (Lipinski definition) is 2. The maximum Gasteiger partial charge on any atom is 0.258 e. The molecule has 0 aliphatic heterocycles. The van der Waals surface area contributed by atoms with Gasteiger partial charge >= 0.3 is 0 Å². The molecule has 3 aromatic rings. The van der Waals surface area contributed by atoms with Gasteiger partial charge in [0.1, 0.15) is 0 Å². The summed E-state index contributed by atoms with van der Waals surface area (Å²) in [7, 11) is 0. The lowest BCUT2D eigenvalue weighted by Gasteiger charge is -2.07. The number of carbonyl (C=O) groups is 1. The van der Waals surface area contributed by atoms with Gasteiger partial charge in [0.15, 0.2) is 0 Å². The number of hydrogen-bond donors (Lipinski definition) is 2. The second-order valence-corrected chi connectivity index (χ2v) is 7.95. The standard InChI is InChI=1S/C19H19ClN2OS/c1-11-16(19(23)22-15-10-6-5-8-13(15)20)17-18(24-11)12-7-3-2-4-9-14(12)21-17/h5-6,8,10,21H,2-4,7,9H2,1H3,(H,22,23). The molecule has 5 heteroatoms. The van der Waals surface area contributed by atoms with Gasteiger partial charge in [0.2, 0.25) is 0 Å². The predicted molar refractivity (Wildman–Crippen MR) is 102 cm³/mol. The molecule has 0 unspecified atom stereocenters. The van der Waals surface area contributed by atoms with Gasteiger partial charge in [-0.3, -0.25) is 4.79 Å². The summed E-state index contributed by atoms with van der Waals surface area (Å²) in [5.74, 6) is -0.0942. The number of halogens is 1. The van der Waals surface area contributed by atoms with Crippen LogP contribution in [0.1, 0.15) is 45.8 Å². The monoisotopic (exact) mass is 358 g/mol. The molecule has 0 bridgehead atoms. The number of para-hydroxylation sites is 1. The summed E-state index contributed by atoms with van der Waals surface area (Å²) in [5.41, 5.74) is 5.14. The first-order valence-electron chi connectivity index (χ1n) is 8.34. The molecule has 0 fully saturated rings. The third kappa shape index (κ3) is 2.64. The Morgan fingerprint density at radius 1 is 1.21 bits per heavy atom. The largest absolute Gasteiger partial charge is 0.357 e. The topological polar surface area (TPSA) is 44.9 Å². The summed E-state index contributed by atoms with van der Waals surface area (Å²) in [5, 5.41) is 3.51. The fraction of sp³-hybridized carbons (Fsp3) is 0.316. The molecule has 24 heavy (non-hydrogen) atoms. The zero-order chi connectivity index (χ0) is 16.7. The highest BCUT2D eigenvalue weighted by atomic mass is 35.5. The third-order valence-corrected chi connectivity index (χ3v) is 6.20. The van der Waals surface area contributed by atoms with E-state index in [2.05, 4.69) is 10.3 Å². The second kappa shape index (κ2) is 6.26. The van der Waals surface area contributed by atoms with Gasteiger partial charge in [0, 0.05) is 10.6 Å². The van der Waals surface area contributed by atoms with Crippen molar-refractivity contribution in [2.45, 2.75) is 39.0 Å². The number of anilines is 1. The van der Waals surface area contributed by atoms with Crippen LogP contribution in [0.3, 0.4) is 0 Å². The highest BCUT2D eigenvalue weighted by Gasteiger charge is 2.23. The molecule has 2 N–H and O–H groups in total. The number of amides is 1. The van der Waals surface area contributed by atoms with Gasteiger partial charge in [-0.1, -0.05) is 30.2 Å². The van der Waals surface area contributed by atoms with Crippen molar-refractivity contribution in [3.8, 4) is 0 Å². The Balaban J connectivity index is 1.75. The first-order valence-corrected chi connectivity index (χ1v) is 9.53. The van der Waals surface area contributed by atoms with Gasteiger partial charge in [-0.2, -0.15) is 0 Å². The number of carbonyl (C=O) groups excluding carboxylic acids is 1. The van der Waals surface area contributed by atoms with Crippen LogP contribution in [0, 0.1) is 6.92 Å². The van der Waals surface area contributed by atoms with Crippen LogP contribution in [0.2, 0.25) is 5.02 Å². The minimum atomic E-state index is -0.0942. The Morgan fingerprint density at radius 2 is 2.00 bits per heavy atom. The molecule has 0 spiro atoms. The molecule has 124 valence electrons. The van der Waals surface area contributed by atoms with Crippen molar-refractivity contribution in [2.24, 2.45) is 0 Å². The first kappa shape index (κ1) is 15.7. The number of aromatic amines is 1. The smallest absolute Gasteiger partial charge is 0.258 e. The number of fused-ring (bicyclic) bond motifs is 3. The van der Waals surface area contributed by atoms with Crippen molar-refractivity contribution in [1.29, 1.82) is 0 Å². The number of rotatable bonds is 2. The van der Waals surface area contributed by atoms with Crippen molar-refractivity contribution >= 4 is 44.7 Å². The van der Waals surface area contributed by atoms with Gasteiger partial charge < -0.3 is 10.3 Å². The number of aryl methyl sites for hydroxylation is 3. The lowest BCUT2D eigenvalue weighted by atomic mass is 10.1. The third-order valence-electron chi connectivity index (χ3n) is 4.70. The van der Waals surface area contributed by atoms with Crippen LogP contribution in [0.25, 0.3) is 10.2 Å². The molecule has 0 radical (unpaired) electrons. The molecule has 2 aromatic heterocycles. The molecular weight excluding hydrogens is 340 g/mol. The maximum absolute atomic E-state index is 12.9. The fourth-order valence-electron chi connectivity index (χ4n) is 3.52. The molecule has 4 rings (SSSR count). The molecule has 0 saturated heterocycles. The van der Waals surface area contributed by atoms with E-state index in [-0.39, 0.29) is 5.91 Å². The summed E-state index contributed by atoms with van der Waals surface area (Å²) in [6.07, 6.45) is 5.94. The van der Waals surface area contributed by atoms with Crippen LogP contribution in [0.15, 0.2) is 24.3 Å². The Hall–Kier alpha value is -1.78. The summed E-state index contributed by atoms with van der Waals surface area (Å²) in [4.78, 5) is 17.5. The fourth-order valence-corrected chi connectivity index (χ4v) is 4.91. The van der Waals surface area contributed by atoms with E-state index in [4.69, 9.17) is 11.6 Å². The average Bonchev–Trinajstić information content (AvgIpc) is 2.93. The molecule has 0 atom stereocenters. The van der Waals surface area contributed by atoms with Crippen molar-refractivity contribution in [1.82, 2.24) is 4.98 Å². The first-order chi connectivity index (χ1) is 11.6. The van der Waals surface area contributed by atoms with E-state index in [0.717, 1.165) is 28.8 Å². The lowest BCUT2D eigenvalue weighted by Crippen LogP contribution is -2.13. The molecule has 1 amide bonds. The SMILES string of the molecule is Cc1sc2c3c([nH]c2c1C(=O)Nc1ccccc1Cl)CCCCC3. The molecular formula is C19H19ClN2OS. The number of thiophene rings is 1. The van der Waals surface area contributed by atoms with Gasteiger partial charge in [-0.05, 0) is 50.3 Å². The normalized spacial score (nSPS) is 14.4. The average molecular weight is 359 g/mol. The van der Waals surface area contributed by atoms with E-state index in [0.29, 0.717) is 10.7 Å². The Kier molecular flexibility index (Phi) is 4.10. The Labute approximate surface area is 150 Å². The summed E-state index contributed by atoms with van der Waals surface area (Å²) in [6.45, 7) is 2.02. The zero-order valence-electron chi connectivity index (χ0n) is 13.5. The second-order valence-electron chi connectivity index (χ2n) is 6.31. The molecule has 3 nitrogen and oxygen atoms in total. The molecule has 0 saturated carbocycles. The van der Waals surface area contributed by atoms with Crippen LogP contribution in [-0.4, -0.2) is 10.9 Å². The van der Waals surface area contributed by atoms with Crippen molar-refractivity contribution in [2.75, 3.05) is 5.32 Å². The van der Waals surface area contributed by atoms with Crippen LogP contribution < -0.4 is 5.32 Å². The number of benzene rings is 1. The highest BCUT2D eigenvalue weighted by molar-refractivity contribution is 7.19. The number of nitrogens with one attached hydrogen (secondary N) is 2. The quantitative estimate of drug-likeness (QED) is 0.566. The van der Waals surface area contributed by atoms with E-state index in [1.165, 1.54) is 35.2 Å². The van der Waals surface area contributed by atoms with Crippen molar-refractivity contribution in [3.05, 3.63) is 51.0 Å². The predicted octanol–water partition coefficient (Wildman–Crippen LogP) is 5.71. The van der Waals surface area contributed by atoms with E-state index in [1.807, 2.05) is 25.1 Å². The molecule has 1 aliphatic carbocycles. The van der Waals surface area contributed by atoms with Crippen LogP contribution in [0.5, 0.6) is 0 Å². The number of H-pyrrole nitrogens is 1. The summed E-state index contributed by atoms with van der Waals surface area (Å²) in [6, 6.07) is 7.33. The van der Waals surface area contributed by atoms with Gasteiger partial charge in [-0.25, -0.2) is 0 Å². The summed E-state index contributed by atoms with van der Waals surface area (Å²) >= 11 is 7.90. The van der Waals surface area contributed by atoms with Gasteiger partial charge in [0.25, 0.3) is 5.91 Å². The van der Waals surface area contributed by atoms with E-state index >= 15 is 0 Å². The minimum Gasteiger partial charge on any atom is -0.357 e. The van der Waals surface area contributed by atoms with Crippen LogP contribution in [0.4, 0.5) is 5.69 Å². The minimum absolute atomic E-state index is 0.0942. The Morgan fingerprint density at radius 3 is 2.83 bits per heavy atom. The van der Waals surface area contributed by atoms with Crippen LogP contribution >= 0.6 is 22.9 Å². The van der Waals surface area contributed by atoms with E-state index < -0.39 is 0 Å². The van der Waals surface area contributed by atoms with E-state index in [1.54, 1.807) is 17.4 Å². The lowest BCUT2D eigenvalue weighted by molar-refractivity contribution is 0.102. The maximum atomic E-state index is 12.9. The van der Waals surface area contributed by atoms with Gasteiger partial charge in [-0.15, -0.1) is 11.3 Å². The molecule has 1 aliphatic rings. The van der Waals surface area contributed by atoms with E-state index in [9.17, 15) is 4.79 Å². The van der Waals surface area contributed by atoms with Crippen molar-refractivity contribution in [3.63, 3.8) is 0 Å². The molecule has 1 aromatic carbocycles. The Bertz CT molecular complexity index is 925. The van der Waals surface area contributed by atoms with Gasteiger partial charge in [0.05, 0.1) is 26.5 Å². The van der Waals surface area contributed by atoms with Crippen molar-refractivity contribution < 1.29 is 4.79 Å². The summed E-state index contributed by atoms with van der Waals surface area (Å²) < 4.78 is 1.26. The highest BCUT2D eigenvalue weighted by Crippen LogP contribution is 2.38.